The van der Waals surface area contributed by atoms with E-state index in [-0.39, 0.29) is 11.4 Å². The van der Waals surface area contributed by atoms with E-state index in [1.54, 1.807) is 36.4 Å². The second kappa shape index (κ2) is 5.05. The van der Waals surface area contributed by atoms with E-state index >= 15 is 0 Å². The van der Waals surface area contributed by atoms with Crippen LogP contribution in [0.15, 0.2) is 58.8 Å². The molecular formula is C12H10N4O2. The lowest BCUT2D eigenvalue weighted by atomic mass is 10.3. The van der Waals surface area contributed by atoms with Gasteiger partial charge in [0.2, 0.25) is 0 Å². The Morgan fingerprint density at radius 2 is 1.50 bits per heavy atom. The van der Waals surface area contributed by atoms with Gasteiger partial charge in [0.25, 0.3) is 5.69 Å². The third kappa shape index (κ3) is 2.49. The number of nitro benzene ring substituents is 1. The minimum Gasteiger partial charge on any atom is -0.397 e. The first-order valence-corrected chi connectivity index (χ1v) is 5.18. The molecule has 90 valence electrons. The largest absolute Gasteiger partial charge is 0.397 e. The molecule has 0 saturated carbocycles. The summed E-state index contributed by atoms with van der Waals surface area (Å²) in [5.41, 5.74) is 6.76. The highest BCUT2D eigenvalue weighted by molar-refractivity contribution is 5.62. The topological polar surface area (TPSA) is 93.9 Å². The average Bonchev–Trinajstić information content (AvgIpc) is 2.38. The van der Waals surface area contributed by atoms with Gasteiger partial charge in [-0.05, 0) is 18.2 Å². The minimum absolute atomic E-state index is 0.0873. The van der Waals surface area contributed by atoms with Gasteiger partial charge in [-0.1, -0.05) is 24.3 Å². The Kier molecular flexibility index (Phi) is 3.29. The molecule has 2 N–H and O–H groups in total. The van der Waals surface area contributed by atoms with Gasteiger partial charge in [0.05, 0.1) is 10.6 Å². The summed E-state index contributed by atoms with van der Waals surface area (Å²) in [6.07, 6.45) is 0. The van der Waals surface area contributed by atoms with E-state index in [1.165, 1.54) is 12.1 Å². The molecule has 0 aliphatic carbocycles. The summed E-state index contributed by atoms with van der Waals surface area (Å²) in [7, 11) is 0. The summed E-state index contributed by atoms with van der Waals surface area (Å²) in [5, 5.41) is 18.6. The zero-order valence-electron chi connectivity index (χ0n) is 9.35. The van der Waals surface area contributed by atoms with Crippen molar-refractivity contribution in [2.75, 3.05) is 5.73 Å². The SMILES string of the molecule is Nc1ccccc1N=Nc1ccccc1[N+](=O)[O-]. The molecular weight excluding hydrogens is 232 g/mol. The van der Waals surface area contributed by atoms with Gasteiger partial charge in [-0.2, -0.15) is 0 Å². The van der Waals surface area contributed by atoms with Gasteiger partial charge >= 0.3 is 0 Å². The van der Waals surface area contributed by atoms with Crippen LogP contribution in [0.25, 0.3) is 0 Å². The molecule has 18 heavy (non-hydrogen) atoms. The number of hydrogen-bond acceptors (Lipinski definition) is 5. The maximum absolute atomic E-state index is 10.8. The molecule has 0 aromatic heterocycles. The molecule has 0 bridgehead atoms. The molecule has 0 radical (unpaired) electrons. The van der Waals surface area contributed by atoms with E-state index in [0.29, 0.717) is 11.4 Å². The molecule has 0 aliphatic rings. The number of anilines is 1. The Hall–Kier alpha value is -2.76. The number of benzene rings is 2. The van der Waals surface area contributed by atoms with Gasteiger partial charge in [0.1, 0.15) is 5.69 Å². The normalized spacial score (nSPS) is 10.7. The molecule has 0 atom stereocenters. The van der Waals surface area contributed by atoms with Crippen molar-refractivity contribution >= 4 is 22.7 Å². The van der Waals surface area contributed by atoms with Gasteiger partial charge in [-0.3, -0.25) is 10.1 Å². The number of rotatable bonds is 3. The number of nitrogens with two attached hydrogens (primary N) is 1. The zero-order chi connectivity index (χ0) is 13.0. The molecule has 0 saturated heterocycles. The van der Waals surface area contributed by atoms with Crippen molar-refractivity contribution in [2.45, 2.75) is 0 Å². The lowest BCUT2D eigenvalue weighted by Crippen LogP contribution is -1.87. The fraction of sp³-hybridized carbons (Fsp3) is 0. The van der Waals surface area contributed by atoms with Crippen LogP contribution in [0.1, 0.15) is 0 Å². The number of azo groups is 1. The zero-order valence-corrected chi connectivity index (χ0v) is 9.35. The highest BCUT2D eigenvalue weighted by atomic mass is 16.6. The number of para-hydroxylation sites is 2. The Bertz CT molecular complexity index is 611. The molecule has 0 spiro atoms. The van der Waals surface area contributed by atoms with Crippen molar-refractivity contribution in [3.8, 4) is 0 Å². The first-order chi connectivity index (χ1) is 8.68. The molecule has 0 fully saturated rings. The van der Waals surface area contributed by atoms with E-state index < -0.39 is 4.92 Å². The van der Waals surface area contributed by atoms with Crippen molar-refractivity contribution in [1.29, 1.82) is 0 Å². The van der Waals surface area contributed by atoms with Gasteiger partial charge in [0, 0.05) is 6.07 Å². The fourth-order valence-corrected chi connectivity index (χ4v) is 1.39. The molecule has 2 rings (SSSR count). The summed E-state index contributed by atoms with van der Waals surface area (Å²) < 4.78 is 0. The van der Waals surface area contributed by atoms with Crippen LogP contribution >= 0.6 is 0 Å². The van der Waals surface area contributed by atoms with Crippen LogP contribution in [0.4, 0.5) is 22.7 Å². The number of nitro groups is 1. The van der Waals surface area contributed by atoms with Crippen molar-refractivity contribution in [3.05, 3.63) is 58.6 Å². The third-order valence-corrected chi connectivity index (χ3v) is 2.28. The van der Waals surface area contributed by atoms with Crippen LogP contribution in [0.2, 0.25) is 0 Å². The smallest absolute Gasteiger partial charge is 0.296 e. The number of hydrogen-bond donors (Lipinski definition) is 1. The Labute approximate surface area is 103 Å². The molecule has 0 heterocycles. The second-order valence-electron chi connectivity index (χ2n) is 3.50. The van der Waals surface area contributed by atoms with Gasteiger partial charge in [-0.25, -0.2) is 0 Å². The predicted octanol–water partition coefficient (Wildman–Crippen LogP) is 3.59. The van der Waals surface area contributed by atoms with Crippen LogP contribution < -0.4 is 5.73 Å². The fourth-order valence-electron chi connectivity index (χ4n) is 1.39. The minimum atomic E-state index is -0.497. The van der Waals surface area contributed by atoms with Crippen LogP contribution in [0.3, 0.4) is 0 Å². The standard InChI is InChI=1S/C12H10N4O2/c13-9-5-1-2-6-10(9)14-15-11-7-3-4-8-12(11)16(17)18/h1-8H,13H2. The number of nitrogens with zero attached hydrogens (tertiary/aromatic N) is 3. The van der Waals surface area contributed by atoms with Crippen molar-refractivity contribution in [2.24, 2.45) is 10.2 Å². The summed E-state index contributed by atoms with van der Waals surface area (Å²) in [6, 6.07) is 13.1. The van der Waals surface area contributed by atoms with Crippen molar-refractivity contribution in [1.82, 2.24) is 0 Å². The van der Waals surface area contributed by atoms with Crippen LogP contribution in [0.5, 0.6) is 0 Å². The third-order valence-electron chi connectivity index (χ3n) is 2.28. The molecule has 6 heteroatoms. The summed E-state index contributed by atoms with van der Waals surface area (Å²) in [6.45, 7) is 0. The average molecular weight is 242 g/mol. The van der Waals surface area contributed by atoms with E-state index in [4.69, 9.17) is 5.73 Å². The van der Waals surface area contributed by atoms with Gasteiger partial charge in [-0.15, -0.1) is 10.2 Å². The van der Waals surface area contributed by atoms with Crippen molar-refractivity contribution in [3.63, 3.8) is 0 Å². The first kappa shape index (κ1) is 11.7. The molecule has 0 aliphatic heterocycles. The summed E-state index contributed by atoms with van der Waals surface area (Å²) >= 11 is 0. The van der Waals surface area contributed by atoms with E-state index in [2.05, 4.69) is 10.2 Å². The molecule has 0 amide bonds. The Morgan fingerprint density at radius 3 is 2.17 bits per heavy atom. The van der Waals surface area contributed by atoms with Crippen LogP contribution in [-0.4, -0.2) is 4.92 Å². The van der Waals surface area contributed by atoms with Gasteiger partial charge in [0.15, 0.2) is 5.69 Å². The molecule has 2 aromatic carbocycles. The second-order valence-corrected chi connectivity index (χ2v) is 3.50. The molecule has 6 nitrogen and oxygen atoms in total. The maximum atomic E-state index is 10.8. The highest BCUT2D eigenvalue weighted by Gasteiger charge is 2.11. The first-order valence-electron chi connectivity index (χ1n) is 5.18. The predicted molar refractivity (Wildman–Crippen MR) is 68.1 cm³/mol. The number of nitrogen functional groups attached to an aromatic ring is 1. The van der Waals surface area contributed by atoms with Crippen LogP contribution in [0, 0.1) is 10.1 Å². The van der Waals surface area contributed by atoms with Crippen molar-refractivity contribution < 1.29 is 4.92 Å². The highest BCUT2D eigenvalue weighted by Crippen LogP contribution is 2.29. The monoisotopic (exact) mass is 242 g/mol. The Balaban J connectivity index is 2.35. The van der Waals surface area contributed by atoms with E-state index in [0.717, 1.165) is 0 Å². The lowest BCUT2D eigenvalue weighted by molar-refractivity contribution is -0.384. The Morgan fingerprint density at radius 1 is 0.944 bits per heavy atom. The van der Waals surface area contributed by atoms with E-state index in [1.807, 2.05) is 0 Å². The summed E-state index contributed by atoms with van der Waals surface area (Å²) in [4.78, 5) is 10.3. The summed E-state index contributed by atoms with van der Waals surface area (Å²) in [5.74, 6) is 0. The molecule has 2 aromatic rings. The lowest BCUT2D eigenvalue weighted by Gasteiger charge is -1.98. The van der Waals surface area contributed by atoms with E-state index in [9.17, 15) is 10.1 Å². The quantitative estimate of drug-likeness (QED) is 0.385. The maximum Gasteiger partial charge on any atom is 0.296 e. The van der Waals surface area contributed by atoms with Crippen LogP contribution in [-0.2, 0) is 0 Å². The van der Waals surface area contributed by atoms with Gasteiger partial charge < -0.3 is 5.73 Å². The molecule has 0 unspecified atom stereocenters.